The fraction of sp³-hybridized carbons (Fsp3) is 0.375. The minimum Gasteiger partial charge on any atom is -0.349 e. The van der Waals surface area contributed by atoms with Gasteiger partial charge in [0.1, 0.15) is 0 Å². The van der Waals surface area contributed by atoms with Crippen LogP contribution in [0.4, 0.5) is 5.69 Å². The minimum absolute atomic E-state index is 0.0162. The minimum atomic E-state index is -0.518. The van der Waals surface area contributed by atoms with E-state index in [9.17, 15) is 9.59 Å². The SMILES string of the molecule is CC(C)(c1ccc2ccccc2c1)[C@H]1CCC[C@H](O[C@H]2C=CC[C@H]3C(=O)N(c4ccccc4)C(=O)[C@@H]23)O1. The predicted molar refractivity (Wildman–Crippen MR) is 144 cm³/mol. The highest BCUT2D eigenvalue weighted by Crippen LogP contribution is 2.41. The molecule has 0 unspecified atom stereocenters. The summed E-state index contributed by atoms with van der Waals surface area (Å²) in [5.74, 6) is -1.23. The molecule has 0 saturated carbocycles. The highest BCUT2D eigenvalue weighted by molar-refractivity contribution is 6.22. The van der Waals surface area contributed by atoms with Crippen molar-refractivity contribution in [3.63, 3.8) is 0 Å². The normalized spacial score (nSPS) is 28.1. The molecule has 5 nitrogen and oxygen atoms in total. The van der Waals surface area contributed by atoms with E-state index in [1.807, 2.05) is 30.4 Å². The molecule has 2 aliphatic heterocycles. The maximum atomic E-state index is 13.5. The van der Waals surface area contributed by atoms with Crippen molar-refractivity contribution in [1.82, 2.24) is 0 Å². The number of nitrogens with zero attached hydrogens (tertiary/aromatic N) is 1. The number of hydrogen-bond donors (Lipinski definition) is 0. The number of rotatable bonds is 5. The van der Waals surface area contributed by atoms with Gasteiger partial charge >= 0.3 is 0 Å². The molecule has 0 radical (unpaired) electrons. The first-order valence-electron chi connectivity index (χ1n) is 13.3. The van der Waals surface area contributed by atoms with Crippen molar-refractivity contribution in [2.24, 2.45) is 11.8 Å². The van der Waals surface area contributed by atoms with Gasteiger partial charge in [0.2, 0.25) is 11.8 Å². The van der Waals surface area contributed by atoms with E-state index >= 15 is 0 Å². The summed E-state index contributed by atoms with van der Waals surface area (Å²) < 4.78 is 13.0. The van der Waals surface area contributed by atoms with Gasteiger partial charge < -0.3 is 9.47 Å². The van der Waals surface area contributed by atoms with Crippen LogP contribution in [0.2, 0.25) is 0 Å². The van der Waals surface area contributed by atoms with Crippen LogP contribution in [0, 0.1) is 11.8 Å². The number of benzene rings is 3. The summed E-state index contributed by atoms with van der Waals surface area (Å²) in [4.78, 5) is 28.0. The van der Waals surface area contributed by atoms with Crippen molar-refractivity contribution in [3.8, 4) is 0 Å². The standard InChI is InChI=1S/C32H33NO4/c1-32(2,23-19-18-21-10-6-7-11-22(21)20-23)27-16-9-17-28(37-27)36-26-15-8-14-25-29(26)31(35)33(30(25)34)24-12-4-3-5-13-24/h3-8,10-13,15,18-20,25-29H,9,14,16-17H2,1-2H3/t25-,26+,27-,28-,29-/m1/s1. The lowest BCUT2D eigenvalue weighted by atomic mass is 9.76. The third-order valence-electron chi connectivity index (χ3n) is 8.39. The van der Waals surface area contributed by atoms with E-state index in [-0.39, 0.29) is 23.3 Å². The van der Waals surface area contributed by atoms with Gasteiger partial charge in [-0.3, -0.25) is 9.59 Å². The number of hydrogen-bond acceptors (Lipinski definition) is 4. The molecule has 3 aromatic carbocycles. The lowest BCUT2D eigenvalue weighted by Crippen LogP contribution is -2.45. The Bertz CT molecular complexity index is 1350. The second-order valence-electron chi connectivity index (χ2n) is 11.0. The Labute approximate surface area is 218 Å². The molecular formula is C32H33NO4. The number of anilines is 1. The second kappa shape index (κ2) is 9.55. The van der Waals surface area contributed by atoms with Gasteiger partial charge in [-0.25, -0.2) is 4.90 Å². The molecule has 190 valence electrons. The number of amides is 2. The van der Waals surface area contributed by atoms with E-state index in [0.717, 1.165) is 19.3 Å². The molecule has 3 aliphatic rings. The molecule has 0 N–H and O–H groups in total. The van der Waals surface area contributed by atoms with E-state index < -0.39 is 24.2 Å². The monoisotopic (exact) mass is 495 g/mol. The average Bonchev–Trinajstić information content (AvgIpc) is 3.19. The Hall–Kier alpha value is -3.28. The zero-order valence-corrected chi connectivity index (χ0v) is 21.4. The van der Waals surface area contributed by atoms with E-state index in [1.54, 1.807) is 12.1 Å². The number of para-hydroxylation sites is 1. The van der Waals surface area contributed by atoms with Gasteiger partial charge in [0, 0.05) is 5.41 Å². The van der Waals surface area contributed by atoms with Crippen LogP contribution in [0.3, 0.4) is 0 Å². The van der Waals surface area contributed by atoms with Crippen LogP contribution in [0.5, 0.6) is 0 Å². The molecule has 5 atom stereocenters. The van der Waals surface area contributed by atoms with Crippen LogP contribution in [0.1, 0.15) is 45.1 Å². The molecule has 2 fully saturated rings. The van der Waals surface area contributed by atoms with Crippen molar-refractivity contribution in [2.45, 2.75) is 63.4 Å². The molecule has 0 bridgehead atoms. The number of imide groups is 1. The quantitative estimate of drug-likeness (QED) is 0.314. The predicted octanol–water partition coefficient (Wildman–Crippen LogP) is 6.16. The topological polar surface area (TPSA) is 55.8 Å². The fourth-order valence-corrected chi connectivity index (χ4v) is 6.18. The first-order valence-corrected chi connectivity index (χ1v) is 13.3. The summed E-state index contributed by atoms with van der Waals surface area (Å²) >= 11 is 0. The number of carbonyl (C=O) groups is 2. The van der Waals surface area contributed by atoms with Crippen LogP contribution in [-0.2, 0) is 24.5 Å². The maximum Gasteiger partial charge on any atom is 0.240 e. The highest BCUT2D eigenvalue weighted by atomic mass is 16.7. The van der Waals surface area contributed by atoms with E-state index in [2.05, 4.69) is 56.3 Å². The van der Waals surface area contributed by atoms with Gasteiger partial charge in [0.15, 0.2) is 6.29 Å². The fourth-order valence-electron chi connectivity index (χ4n) is 6.18. The van der Waals surface area contributed by atoms with E-state index in [0.29, 0.717) is 12.1 Å². The van der Waals surface area contributed by atoms with E-state index in [4.69, 9.17) is 9.47 Å². The smallest absolute Gasteiger partial charge is 0.240 e. The van der Waals surface area contributed by atoms with Crippen LogP contribution in [-0.4, -0.2) is 30.3 Å². The van der Waals surface area contributed by atoms with Crippen molar-refractivity contribution in [3.05, 3.63) is 90.5 Å². The van der Waals surface area contributed by atoms with E-state index in [1.165, 1.54) is 21.2 Å². The van der Waals surface area contributed by atoms with Gasteiger partial charge in [-0.2, -0.15) is 0 Å². The molecule has 6 rings (SSSR count). The molecule has 0 spiro atoms. The third-order valence-corrected chi connectivity index (χ3v) is 8.39. The van der Waals surface area contributed by atoms with Crippen molar-refractivity contribution in [1.29, 1.82) is 0 Å². The molecule has 1 aliphatic carbocycles. The third kappa shape index (κ3) is 4.30. The molecule has 5 heteroatoms. The Morgan fingerprint density at radius 1 is 0.892 bits per heavy atom. The molecule has 0 aromatic heterocycles. The highest BCUT2D eigenvalue weighted by Gasteiger charge is 2.53. The molecule has 2 saturated heterocycles. The first-order chi connectivity index (χ1) is 17.9. The Kier molecular flexibility index (Phi) is 6.21. The van der Waals surface area contributed by atoms with Crippen molar-refractivity contribution >= 4 is 28.3 Å². The number of allylic oxidation sites excluding steroid dienone is 1. The summed E-state index contributed by atoms with van der Waals surface area (Å²) in [6, 6.07) is 24.2. The largest absolute Gasteiger partial charge is 0.349 e. The lowest BCUT2D eigenvalue weighted by Gasteiger charge is -2.41. The molecule has 2 amide bonds. The summed E-state index contributed by atoms with van der Waals surface area (Å²) in [7, 11) is 0. The van der Waals surface area contributed by atoms with Crippen LogP contribution >= 0.6 is 0 Å². The van der Waals surface area contributed by atoms with Gasteiger partial charge in [-0.05, 0) is 54.2 Å². The van der Waals surface area contributed by atoms with Crippen molar-refractivity contribution < 1.29 is 19.1 Å². The van der Waals surface area contributed by atoms with Gasteiger partial charge in [0.05, 0.1) is 29.7 Å². The zero-order valence-electron chi connectivity index (χ0n) is 21.4. The number of carbonyl (C=O) groups excluding carboxylic acids is 2. The summed E-state index contributed by atoms with van der Waals surface area (Å²) in [5, 5.41) is 2.45. The molecule has 3 aromatic rings. The summed E-state index contributed by atoms with van der Waals surface area (Å²) in [6.45, 7) is 4.47. The van der Waals surface area contributed by atoms with Crippen LogP contribution < -0.4 is 4.90 Å². The summed E-state index contributed by atoms with van der Waals surface area (Å²) in [6.07, 6.45) is 6.28. The molecule has 2 heterocycles. The second-order valence-corrected chi connectivity index (χ2v) is 11.0. The maximum absolute atomic E-state index is 13.5. The molecule has 37 heavy (non-hydrogen) atoms. The Morgan fingerprint density at radius 2 is 1.65 bits per heavy atom. The molecular weight excluding hydrogens is 462 g/mol. The number of ether oxygens (including phenoxy) is 2. The lowest BCUT2D eigenvalue weighted by molar-refractivity contribution is -0.227. The average molecular weight is 496 g/mol. The Balaban J connectivity index is 1.19. The van der Waals surface area contributed by atoms with Crippen molar-refractivity contribution in [2.75, 3.05) is 4.90 Å². The number of fused-ring (bicyclic) bond motifs is 2. The Morgan fingerprint density at radius 3 is 2.46 bits per heavy atom. The van der Waals surface area contributed by atoms with Gasteiger partial charge in [0.25, 0.3) is 0 Å². The van der Waals surface area contributed by atoms with Gasteiger partial charge in [-0.1, -0.05) is 86.7 Å². The first kappa shape index (κ1) is 24.1. The van der Waals surface area contributed by atoms with Crippen LogP contribution in [0.25, 0.3) is 10.8 Å². The van der Waals surface area contributed by atoms with Gasteiger partial charge in [-0.15, -0.1) is 0 Å². The summed E-state index contributed by atoms with van der Waals surface area (Å²) in [5.41, 5.74) is 1.65. The zero-order chi connectivity index (χ0) is 25.6. The van der Waals surface area contributed by atoms with Crippen LogP contribution in [0.15, 0.2) is 84.9 Å².